The largest absolute Gasteiger partial charge is 0.469 e. The number of esters is 2. The summed E-state index contributed by atoms with van der Waals surface area (Å²) in [6.07, 6.45) is 35.3. The van der Waals surface area contributed by atoms with Gasteiger partial charge in [0.05, 0.1) is 18.8 Å². The first-order valence-corrected chi connectivity index (χ1v) is 21.6. The molecule has 1 fully saturated rings. The van der Waals surface area contributed by atoms with E-state index in [9.17, 15) is 14.2 Å². The van der Waals surface area contributed by atoms with Crippen LogP contribution in [0.5, 0.6) is 0 Å². The molecule has 2 unspecified atom stereocenters. The first-order chi connectivity index (χ1) is 23.7. The number of hydrogen-bond acceptors (Lipinski definition) is 7. The van der Waals surface area contributed by atoms with Gasteiger partial charge in [-0.05, 0) is 38.5 Å². The highest BCUT2D eigenvalue weighted by Crippen LogP contribution is 2.36. The number of hydrogen-bond donors (Lipinski definition) is 2. The van der Waals surface area contributed by atoms with Crippen LogP contribution in [-0.2, 0) is 32.9 Å². The molecule has 1 aliphatic rings. The summed E-state index contributed by atoms with van der Waals surface area (Å²) in [5.41, 5.74) is 0. The third-order valence-corrected chi connectivity index (χ3v) is 9.69. The number of carbonyl (C=O) groups is 2. The molecular weight excluding hydrogens is 643 g/mol. The van der Waals surface area contributed by atoms with Crippen LogP contribution in [0.2, 0.25) is 0 Å². The minimum absolute atomic E-state index is 0.211. The third-order valence-electron chi connectivity index (χ3n) is 9.21. The number of allylic oxidation sites excluding steroid dienone is 1. The average Bonchev–Trinajstić information content (AvgIpc) is 3.82. The molecule has 0 amide bonds. The molecule has 1 aliphatic heterocycles. The average molecular weight is 717 g/mol. The van der Waals surface area contributed by atoms with Crippen molar-refractivity contribution in [2.45, 2.75) is 212 Å². The Morgan fingerprint density at radius 1 is 0.633 bits per heavy atom. The van der Waals surface area contributed by atoms with Gasteiger partial charge >= 0.3 is 19.8 Å². The number of carbonyl (C=O) groups excluding carboxylic acids is 2. The molecule has 10 heteroatoms. The highest BCUT2D eigenvalue weighted by molar-refractivity contribution is 7.46. The molecular formula is C39H73O9P. The summed E-state index contributed by atoms with van der Waals surface area (Å²) in [6, 6.07) is 0. The molecule has 0 aliphatic carbocycles. The number of ether oxygens (including phenoxy) is 3. The van der Waals surface area contributed by atoms with Gasteiger partial charge in [-0.15, -0.1) is 0 Å². The Morgan fingerprint density at radius 3 is 1.67 bits per heavy atom. The lowest BCUT2D eigenvalue weighted by Gasteiger charge is -2.18. The van der Waals surface area contributed by atoms with Gasteiger partial charge in [-0.2, -0.15) is 0 Å². The van der Waals surface area contributed by atoms with Crippen LogP contribution in [0.3, 0.4) is 0 Å². The van der Waals surface area contributed by atoms with Crippen LogP contribution in [0.25, 0.3) is 0 Å². The minimum Gasteiger partial charge on any atom is -0.462 e. The van der Waals surface area contributed by atoms with Crippen molar-refractivity contribution in [1.29, 1.82) is 0 Å². The Kier molecular flexibility index (Phi) is 29.4. The molecule has 0 bridgehead atoms. The van der Waals surface area contributed by atoms with Crippen LogP contribution in [0.4, 0.5) is 0 Å². The normalized spacial score (nSPS) is 16.7. The van der Waals surface area contributed by atoms with Crippen LogP contribution in [0, 0.1) is 0 Å². The van der Waals surface area contributed by atoms with Gasteiger partial charge in [0, 0.05) is 12.8 Å². The van der Waals surface area contributed by atoms with Crippen molar-refractivity contribution < 1.29 is 42.7 Å². The van der Waals surface area contributed by atoms with Crippen LogP contribution < -0.4 is 0 Å². The third kappa shape index (κ3) is 31.2. The Balaban J connectivity index is 2.06. The van der Waals surface area contributed by atoms with Gasteiger partial charge in [0.15, 0.2) is 6.10 Å². The summed E-state index contributed by atoms with van der Waals surface area (Å²) in [7, 11) is -4.75. The first-order valence-electron chi connectivity index (χ1n) is 20.1. The molecule has 0 spiro atoms. The summed E-state index contributed by atoms with van der Waals surface area (Å²) in [5.74, 6) is -0.898. The predicted octanol–water partition coefficient (Wildman–Crippen LogP) is 10.8. The highest BCUT2D eigenvalue weighted by Gasteiger charge is 2.36. The number of phosphoric ester groups is 1. The molecule has 0 aromatic rings. The fourth-order valence-electron chi connectivity index (χ4n) is 6.09. The lowest BCUT2D eigenvalue weighted by Crippen LogP contribution is -2.29. The van der Waals surface area contributed by atoms with E-state index in [0.717, 1.165) is 57.8 Å². The zero-order valence-electron chi connectivity index (χ0n) is 31.3. The van der Waals surface area contributed by atoms with E-state index in [4.69, 9.17) is 24.0 Å². The Morgan fingerprint density at radius 2 is 1.12 bits per heavy atom. The van der Waals surface area contributed by atoms with Crippen LogP contribution >= 0.6 is 7.82 Å². The fourth-order valence-corrected chi connectivity index (χ4v) is 6.45. The van der Waals surface area contributed by atoms with Gasteiger partial charge in [-0.1, -0.05) is 154 Å². The van der Waals surface area contributed by atoms with Crippen molar-refractivity contribution in [3.8, 4) is 0 Å². The summed E-state index contributed by atoms with van der Waals surface area (Å²) < 4.78 is 32.1. The lowest BCUT2D eigenvalue weighted by atomic mass is 10.0. The maximum absolute atomic E-state index is 12.4. The van der Waals surface area contributed by atoms with Crippen molar-refractivity contribution >= 4 is 19.8 Å². The van der Waals surface area contributed by atoms with Crippen LogP contribution in [0.1, 0.15) is 194 Å². The van der Waals surface area contributed by atoms with Gasteiger partial charge < -0.3 is 24.0 Å². The summed E-state index contributed by atoms with van der Waals surface area (Å²) in [6.45, 7) is 3.65. The second kappa shape index (κ2) is 31.5. The topological polar surface area (TPSA) is 132 Å². The van der Waals surface area contributed by atoms with Crippen LogP contribution in [0.15, 0.2) is 12.2 Å². The van der Waals surface area contributed by atoms with Crippen molar-refractivity contribution in [2.24, 2.45) is 0 Å². The van der Waals surface area contributed by atoms with Crippen molar-refractivity contribution in [2.75, 3.05) is 13.2 Å². The molecule has 9 nitrogen and oxygen atoms in total. The quantitative estimate of drug-likeness (QED) is 0.0214. The summed E-state index contributed by atoms with van der Waals surface area (Å²) in [5, 5.41) is 0. The zero-order valence-corrected chi connectivity index (χ0v) is 32.2. The summed E-state index contributed by atoms with van der Waals surface area (Å²) in [4.78, 5) is 42.8. The number of phosphoric acid groups is 1. The van der Waals surface area contributed by atoms with E-state index >= 15 is 0 Å². The molecule has 0 saturated carbocycles. The van der Waals surface area contributed by atoms with Gasteiger partial charge in [0.2, 0.25) is 0 Å². The molecule has 1 rings (SSSR count). The second-order valence-corrected chi connectivity index (χ2v) is 15.2. The molecule has 49 heavy (non-hydrogen) atoms. The van der Waals surface area contributed by atoms with Gasteiger partial charge in [0.1, 0.15) is 6.61 Å². The molecule has 3 atom stereocenters. The molecule has 1 saturated heterocycles. The van der Waals surface area contributed by atoms with E-state index in [1.165, 1.54) is 96.3 Å². The minimum atomic E-state index is -4.75. The number of epoxide rings is 1. The zero-order chi connectivity index (χ0) is 35.8. The van der Waals surface area contributed by atoms with Crippen LogP contribution in [-0.4, -0.2) is 53.3 Å². The number of unbranched alkanes of at least 4 members (excludes halogenated alkanes) is 21. The second-order valence-electron chi connectivity index (χ2n) is 14.0. The van der Waals surface area contributed by atoms with Gasteiger partial charge in [-0.25, -0.2) is 4.57 Å². The Hall–Kier alpha value is -1.25. The van der Waals surface area contributed by atoms with Gasteiger partial charge in [-0.3, -0.25) is 14.1 Å². The molecule has 0 radical (unpaired) electrons. The van der Waals surface area contributed by atoms with Gasteiger partial charge in [0.25, 0.3) is 0 Å². The standard InChI is InChI=1S/C39H73O9P/c1-3-5-7-8-9-10-11-12-13-14-15-16-21-24-28-32-39(41)47-35(34-46-49(42,43)44)33-45-38(40)31-27-23-20-18-17-19-22-26-30-37-36(48-37)29-25-6-4-2/h22,26,35-37H,3-21,23-25,27-34H2,1-2H3,(H2,42,43,44)/b26-22-/t35-,36?,37?/m1/s1. The van der Waals surface area contributed by atoms with E-state index in [-0.39, 0.29) is 19.4 Å². The monoisotopic (exact) mass is 716 g/mol. The van der Waals surface area contributed by atoms with Crippen molar-refractivity contribution in [3.63, 3.8) is 0 Å². The van der Waals surface area contributed by atoms with E-state index < -0.39 is 32.5 Å². The Labute approximate surface area is 299 Å². The summed E-state index contributed by atoms with van der Waals surface area (Å²) >= 11 is 0. The van der Waals surface area contributed by atoms with E-state index in [1.807, 2.05) is 0 Å². The molecule has 288 valence electrons. The molecule has 0 aromatic carbocycles. The fraction of sp³-hybridized carbons (Fsp3) is 0.897. The first kappa shape index (κ1) is 45.8. The SMILES string of the molecule is CCCCCCCCCCCCCCCCCC(=O)O[C@H](COC(=O)CCCCCCC/C=C\CC1OC1CCCCC)COP(=O)(O)O. The maximum atomic E-state index is 12.4. The van der Waals surface area contributed by atoms with E-state index in [2.05, 4.69) is 30.5 Å². The van der Waals surface area contributed by atoms with Crippen molar-refractivity contribution in [1.82, 2.24) is 0 Å². The maximum Gasteiger partial charge on any atom is 0.469 e. The molecule has 0 aromatic heterocycles. The molecule has 1 heterocycles. The lowest BCUT2D eigenvalue weighted by molar-refractivity contribution is -0.161. The van der Waals surface area contributed by atoms with E-state index in [1.54, 1.807) is 0 Å². The Bertz CT molecular complexity index is 875. The van der Waals surface area contributed by atoms with E-state index in [0.29, 0.717) is 25.0 Å². The predicted molar refractivity (Wildman–Crippen MR) is 197 cm³/mol. The molecule has 2 N–H and O–H groups in total. The number of rotatable bonds is 36. The smallest absolute Gasteiger partial charge is 0.462 e. The highest BCUT2D eigenvalue weighted by atomic mass is 31.2. The van der Waals surface area contributed by atoms with Crippen molar-refractivity contribution in [3.05, 3.63) is 12.2 Å².